The predicted molar refractivity (Wildman–Crippen MR) is 78.1 cm³/mol. The number of anilines is 1. The molecule has 2 aliphatic rings. The van der Waals surface area contributed by atoms with E-state index >= 15 is 0 Å². The van der Waals surface area contributed by atoms with Gasteiger partial charge in [-0.2, -0.15) is 0 Å². The van der Waals surface area contributed by atoms with Crippen LogP contribution in [0.4, 0.5) is 5.82 Å². The van der Waals surface area contributed by atoms with Crippen molar-refractivity contribution in [2.45, 2.75) is 70.6 Å². The molecule has 1 fully saturated rings. The topological polar surface area (TPSA) is 51.8 Å². The van der Waals surface area contributed by atoms with Crippen molar-refractivity contribution in [1.29, 1.82) is 0 Å². The van der Waals surface area contributed by atoms with Gasteiger partial charge in [-0.25, -0.2) is 9.97 Å². The Labute approximate surface area is 116 Å². The Morgan fingerprint density at radius 1 is 1.11 bits per heavy atom. The second-order valence-corrected chi connectivity index (χ2v) is 6.24. The van der Waals surface area contributed by atoms with Gasteiger partial charge in [0.1, 0.15) is 11.6 Å². The van der Waals surface area contributed by atoms with E-state index in [1.54, 1.807) is 0 Å². The maximum atomic E-state index is 6.16. The molecule has 19 heavy (non-hydrogen) atoms. The monoisotopic (exact) mass is 259 g/mol. The number of nitrogen functional groups attached to an aromatic ring is 1. The summed E-state index contributed by atoms with van der Waals surface area (Å²) in [4.78, 5) is 9.52. The van der Waals surface area contributed by atoms with E-state index in [0.29, 0.717) is 5.92 Å². The molecular formula is C16H25N3. The minimum atomic E-state index is 0.549. The summed E-state index contributed by atoms with van der Waals surface area (Å²) in [6, 6.07) is 0. The summed E-state index contributed by atoms with van der Waals surface area (Å²) in [5, 5.41) is 0. The average molecular weight is 259 g/mol. The maximum absolute atomic E-state index is 6.16. The highest BCUT2D eigenvalue weighted by Crippen LogP contribution is 2.37. The van der Waals surface area contributed by atoms with Gasteiger partial charge in [0.25, 0.3) is 0 Å². The zero-order valence-corrected chi connectivity index (χ0v) is 12.0. The van der Waals surface area contributed by atoms with Gasteiger partial charge >= 0.3 is 0 Å². The fourth-order valence-corrected chi connectivity index (χ4v) is 3.72. The smallest absolute Gasteiger partial charge is 0.134 e. The maximum Gasteiger partial charge on any atom is 0.134 e. The van der Waals surface area contributed by atoms with E-state index in [0.717, 1.165) is 30.4 Å². The van der Waals surface area contributed by atoms with Gasteiger partial charge in [-0.05, 0) is 44.4 Å². The quantitative estimate of drug-likeness (QED) is 0.882. The summed E-state index contributed by atoms with van der Waals surface area (Å²) in [6.45, 7) is 2.30. The van der Waals surface area contributed by atoms with Crippen molar-refractivity contribution in [3.05, 3.63) is 17.1 Å². The zero-order chi connectivity index (χ0) is 13.2. The van der Waals surface area contributed by atoms with E-state index in [4.69, 9.17) is 10.7 Å². The first-order valence-corrected chi connectivity index (χ1v) is 7.93. The van der Waals surface area contributed by atoms with Crippen molar-refractivity contribution in [1.82, 2.24) is 9.97 Å². The first-order valence-electron chi connectivity index (χ1n) is 7.93. The molecule has 0 aromatic carbocycles. The van der Waals surface area contributed by atoms with Gasteiger partial charge in [-0.3, -0.25) is 0 Å². The molecule has 1 heterocycles. The van der Waals surface area contributed by atoms with E-state index in [1.807, 2.05) is 0 Å². The number of aromatic nitrogens is 2. The molecule has 3 heteroatoms. The fraction of sp³-hybridized carbons (Fsp3) is 0.750. The van der Waals surface area contributed by atoms with Crippen LogP contribution in [0.1, 0.15) is 74.9 Å². The summed E-state index contributed by atoms with van der Waals surface area (Å²) < 4.78 is 0. The van der Waals surface area contributed by atoms with Crippen LogP contribution in [0.5, 0.6) is 0 Å². The molecule has 0 spiro atoms. The van der Waals surface area contributed by atoms with Crippen LogP contribution in [0.3, 0.4) is 0 Å². The summed E-state index contributed by atoms with van der Waals surface area (Å²) in [7, 11) is 0. The second-order valence-electron chi connectivity index (χ2n) is 6.24. The standard InChI is InChI=1S/C16H25N3/c1-2-11-6-5-7-12(10-11)16-18-14-9-4-3-8-13(14)15(17)19-16/h11-12H,2-10H2,1H3,(H2,17,18,19). The van der Waals surface area contributed by atoms with Crippen LogP contribution in [0.25, 0.3) is 0 Å². The summed E-state index contributed by atoms with van der Waals surface area (Å²) in [6.07, 6.45) is 11.2. The molecule has 1 saturated carbocycles. The van der Waals surface area contributed by atoms with Gasteiger partial charge in [0, 0.05) is 17.2 Å². The molecule has 3 nitrogen and oxygen atoms in total. The molecule has 0 aliphatic heterocycles. The summed E-state index contributed by atoms with van der Waals surface area (Å²) in [5.41, 5.74) is 8.64. The minimum Gasteiger partial charge on any atom is -0.383 e. The largest absolute Gasteiger partial charge is 0.383 e. The van der Waals surface area contributed by atoms with Crippen LogP contribution >= 0.6 is 0 Å². The van der Waals surface area contributed by atoms with E-state index in [9.17, 15) is 0 Å². The first kappa shape index (κ1) is 12.9. The van der Waals surface area contributed by atoms with Gasteiger partial charge in [0.15, 0.2) is 0 Å². The van der Waals surface area contributed by atoms with Gasteiger partial charge in [0.2, 0.25) is 0 Å². The van der Waals surface area contributed by atoms with Crippen LogP contribution < -0.4 is 5.73 Å². The number of aryl methyl sites for hydroxylation is 1. The van der Waals surface area contributed by atoms with Gasteiger partial charge in [0.05, 0.1) is 0 Å². The molecule has 0 bridgehead atoms. The predicted octanol–water partition coefficient (Wildman–Crippen LogP) is 3.62. The number of nitrogens with zero attached hydrogens (tertiary/aromatic N) is 2. The SMILES string of the molecule is CCC1CCCC(c2nc(N)c3c(n2)CCCC3)C1. The van der Waals surface area contributed by atoms with E-state index in [1.165, 1.54) is 56.2 Å². The molecule has 0 amide bonds. The number of rotatable bonds is 2. The van der Waals surface area contributed by atoms with Crippen molar-refractivity contribution in [3.63, 3.8) is 0 Å². The lowest BCUT2D eigenvalue weighted by atomic mass is 9.79. The number of nitrogens with two attached hydrogens (primary N) is 1. The average Bonchev–Trinajstić information content (AvgIpc) is 2.47. The lowest BCUT2D eigenvalue weighted by Crippen LogP contribution is -2.19. The molecule has 2 N–H and O–H groups in total. The highest BCUT2D eigenvalue weighted by atomic mass is 15.0. The van der Waals surface area contributed by atoms with E-state index < -0.39 is 0 Å². The molecule has 0 radical (unpaired) electrons. The number of fused-ring (bicyclic) bond motifs is 1. The molecule has 104 valence electrons. The highest BCUT2D eigenvalue weighted by Gasteiger charge is 2.26. The Morgan fingerprint density at radius 2 is 1.95 bits per heavy atom. The van der Waals surface area contributed by atoms with Crippen molar-refractivity contribution in [2.24, 2.45) is 5.92 Å². The number of hydrogen-bond donors (Lipinski definition) is 1. The van der Waals surface area contributed by atoms with Crippen LogP contribution in [0.2, 0.25) is 0 Å². The second kappa shape index (κ2) is 5.48. The van der Waals surface area contributed by atoms with Crippen molar-refractivity contribution >= 4 is 5.82 Å². The lowest BCUT2D eigenvalue weighted by molar-refractivity contribution is 0.306. The van der Waals surface area contributed by atoms with E-state index in [2.05, 4.69) is 11.9 Å². The van der Waals surface area contributed by atoms with Gasteiger partial charge in [-0.15, -0.1) is 0 Å². The molecule has 0 saturated heterocycles. The minimum absolute atomic E-state index is 0.549. The molecule has 1 aromatic rings. The Balaban J connectivity index is 1.86. The Hall–Kier alpha value is -1.12. The van der Waals surface area contributed by atoms with Crippen LogP contribution in [0.15, 0.2) is 0 Å². The van der Waals surface area contributed by atoms with Crippen LogP contribution in [-0.4, -0.2) is 9.97 Å². The lowest BCUT2D eigenvalue weighted by Gasteiger charge is -2.28. The molecule has 2 atom stereocenters. The molecular weight excluding hydrogens is 234 g/mol. The van der Waals surface area contributed by atoms with E-state index in [-0.39, 0.29) is 0 Å². The third-order valence-electron chi connectivity index (χ3n) is 4.96. The third kappa shape index (κ3) is 2.60. The Kier molecular flexibility index (Phi) is 3.72. The Bertz CT molecular complexity index is 456. The first-order chi connectivity index (χ1) is 9.28. The van der Waals surface area contributed by atoms with Crippen molar-refractivity contribution < 1.29 is 0 Å². The van der Waals surface area contributed by atoms with Gasteiger partial charge in [-0.1, -0.05) is 26.2 Å². The number of hydrogen-bond acceptors (Lipinski definition) is 3. The van der Waals surface area contributed by atoms with Crippen LogP contribution in [-0.2, 0) is 12.8 Å². The third-order valence-corrected chi connectivity index (χ3v) is 4.96. The molecule has 1 aromatic heterocycles. The molecule has 3 rings (SSSR count). The summed E-state index contributed by atoms with van der Waals surface area (Å²) in [5.74, 6) is 3.21. The van der Waals surface area contributed by atoms with Crippen LogP contribution in [0, 0.1) is 5.92 Å². The zero-order valence-electron chi connectivity index (χ0n) is 12.0. The molecule has 2 aliphatic carbocycles. The normalized spacial score (nSPS) is 27.0. The van der Waals surface area contributed by atoms with Crippen molar-refractivity contribution in [2.75, 3.05) is 5.73 Å². The fourth-order valence-electron chi connectivity index (χ4n) is 3.72. The van der Waals surface area contributed by atoms with Gasteiger partial charge < -0.3 is 5.73 Å². The molecule has 2 unspecified atom stereocenters. The van der Waals surface area contributed by atoms with Crippen molar-refractivity contribution in [3.8, 4) is 0 Å². The Morgan fingerprint density at radius 3 is 2.79 bits per heavy atom. The summed E-state index contributed by atoms with van der Waals surface area (Å²) >= 11 is 0. The highest BCUT2D eigenvalue weighted by molar-refractivity contribution is 5.43.